The normalized spacial score (nSPS) is 13.1. The maximum atomic E-state index is 13.2. The van der Waals surface area contributed by atoms with Crippen molar-refractivity contribution in [3.8, 4) is 5.75 Å². The molecule has 0 N–H and O–H groups in total. The fourth-order valence-electron chi connectivity index (χ4n) is 1.45. The average Bonchev–Trinajstić information content (AvgIpc) is 2.52. The Bertz CT molecular complexity index is 571. The maximum Gasteiger partial charge on any atom is 0.381 e. The van der Waals surface area contributed by atoms with Gasteiger partial charge in [0.2, 0.25) is 0 Å². The highest BCUT2D eigenvalue weighted by Crippen LogP contribution is 2.48. The van der Waals surface area contributed by atoms with Gasteiger partial charge in [0.05, 0.1) is 12.7 Å². The second-order valence-electron chi connectivity index (χ2n) is 4.51. The molecule has 0 amide bonds. The van der Waals surface area contributed by atoms with E-state index in [9.17, 15) is 39.9 Å². The molecule has 24 heavy (non-hydrogen) atoms. The Hall–Kier alpha value is -2.07. The van der Waals surface area contributed by atoms with Gasteiger partial charge >= 0.3 is 30.2 Å². The molecule has 0 spiro atoms. The van der Waals surface area contributed by atoms with Crippen LogP contribution in [0.5, 0.6) is 5.75 Å². The largest absolute Gasteiger partial charge is 0.487 e. The molecular weight excluding hydrogens is 356 g/mol. The molecule has 136 valence electrons. The van der Waals surface area contributed by atoms with E-state index in [1.54, 1.807) is 0 Å². The summed E-state index contributed by atoms with van der Waals surface area (Å²) in [5.41, 5.74) is -0.0221. The zero-order valence-electron chi connectivity index (χ0n) is 11.8. The molecule has 0 aliphatic rings. The van der Waals surface area contributed by atoms with E-state index >= 15 is 0 Å². The molecule has 0 atom stereocenters. The van der Waals surface area contributed by atoms with Gasteiger partial charge in [-0.05, 0) is 24.3 Å². The van der Waals surface area contributed by atoms with E-state index < -0.39 is 42.5 Å². The van der Waals surface area contributed by atoms with Crippen LogP contribution in [0.2, 0.25) is 0 Å². The van der Waals surface area contributed by atoms with Gasteiger partial charge in [0.1, 0.15) is 5.75 Å². The highest BCUT2D eigenvalue weighted by atomic mass is 19.4. The predicted molar refractivity (Wildman–Crippen MR) is 64.1 cm³/mol. The standard InChI is InChI=1S/C13H10F8O3/c1-23-9(22)7-2-4-8(5-3-7)24-6-11(16,17)13(20,21)12(18,19)10(14)15/h2-5,10H,6H2,1H3. The Kier molecular flexibility index (Phi) is 5.67. The summed E-state index contributed by atoms with van der Waals surface area (Å²) in [6.07, 6.45) is -4.99. The van der Waals surface area contributed by atoms with Gasteiger partial charge in [0.25, 0.3) is 0 Å². The smallest absolute Gasteiger partial charge is 0.381 e. The van der Waals surface area contributed by atoms with Crippen molar-refractivity contribution in [2.45, 2.75) is 24.2 Å². The van der Waals surface area contributed by atoms with Crippen molar-refractivity contribution in [3.63, 3.8) is 0 Å². The maximum absolute atomic E-state index is 13.2. The highest BCUT2D eigenvalue weighted by molar-refractivity contribution is 5.89. The number of methoxy groups -OCH3 is 1. The van der Waals surface area contributed by atoms with Crippen molar-refractivity contribution in [1.29, 1.82) is 0 Å². The summed E-state index contributed by atoms with van der Waals surface area (Å²) in [4.78, 5) is 11.1. The molecule has 11 heteroatoms. The molecule has 0 fully saturated rings. The van der Waals surface area contributed by atoms with Crippen LogP contribution in [0.25, 0.3) is 0 Å². The van der Waals surface area contributed by atoms with Crippen LogP contribution in [0.4, 0.5) is 35.1 Å². The molecule has 0 heterocycles. The monoisotopic (exact) mass is 366 g/mol. The minimum Gasteiger partial charge on any atom is -0.487 e. The molecule has 0 aromatic heterocycles. The van der Waals surface area contributed by atoms with Crippen LogP contribution in [0.3, 0.4) is 0 Å². The number of hydrogen-bond donors (Lipinski definition) is 0. The van der Waals surface area contributed by atoms with E-state index in [-0.39, 0.29) is 5.56 Å². The van der Waals surface area contributed by atoms with Gasteiger partial charge in [-0.1, -0.05) is 0 Å². The Morgan fingerprint density at radius 2 is 1.54 bits per heavy atom. The molecule has 0 saturated carbocycles. The van der Waals surface area contributed by atoms with Crippen LogP contribution in [-0.4, -0.2) is 43.9 Å². The molecule has 3 nitrogen and oxygen atoms in total. The number of halogens is 8. The van der Waals surface area contributed by atoms with Gasteiger partial charge in [-0.2, -0.15) is 26.3 Å². The van der Waals surface area contributed by atoms with Crippen molar-refractivity contribution in [1.82, 2.24) is 0 Å². The third-order valence-electron chi connectivity index (χ3n) is 2.85. The van der Waals surface area contributed by atoms with Crippen LogP contribution in [0.15, 0.2) is 24.3 Å². The van der Waals surface area contributed by atoms with Gasteiger partial charge in [-0.25, -0.2) is 13.6 Å². The lowest BCUT2D eigenvalue weighted by Crippen LogP contribution is -2.59. The van der Waals surface area contributed by atoms with E-state index in [2.05, 4.69) is 9.47 Å². The first-order chi connectivity index (χ1) is 10.9. The summed E-state index contributed by atoms with van der Waals surface area (Å²) in [5, 5.41) is 0. The van der Waals surface area contributed by atoms with E-state index in [0.29, 0.717) is 0 Å². The first kappa shape index (κ1) is 20.0. The van der Waals surface area contributed by atoms with Crippen molar-refractivity contribution < 1.29 is 49.4 Å². The Morgan fingerprint density at radius 3 is 1.96 bits per heavy atom. The second kappa shape index (κ2) is 6.81. The molecule has 1 aromatic rings. The Labute approximate surface area is 130 Å². The van der Waals surface area contributed by atoms with Crippen molar-refractivity contribution in [2.24, 2.45) is 0 Å². The lowest BCUT2D eigenvalue weighted by Gasteiger charge is -2.31. The number of ether oxygens (including phenoxy) is 2. The minimum atomic E-state index is -6.33. The fraction of sp³-hybridized carbons (Fsp3) is 0.462. The molecular formula is C13H10F8O3. The molecule has 0 radical (unpaired) electrons. The van der Waals surface area contributed by atoms with Gasteiger partial charge < -0.3 is 9.47 Å². The summed E-state index contributed by atoms with van der Waals surface area (Å²) in [5.74, 6) is -19.4. The molecule has 0 saturated heterocycles. The Morgan fingerprint density at radius 1 is 1.04 bits per heavy atom. The van der Waals surface area contributed by atoms with Crippen molar-refractivity contribution in [3.05, 3.63) is 29.8 Å². The highest BCUT2D eigenvalue weighted by Gasteiger charge is 2.75. The van der Waals surface area contributed by atoms with Gasteiger partial charge in [0, 0.05) is 0 Å². The van der Waals surface area contributed by atoms with Gasteiger partial charge in [-0.3, -0.25) is 0 Å². The Balaban J connectivity index is 2.86. The van der Waals surface area contributed by atoms with Gasteiger partial charge in [-0.15, -0.1) is 0 Å². The van der Waals surface area contributed by atoms with Gasteiger partial charge in [0.15, 0.2) is 6.61 Å². The van der Waals surface area contributed by atoms with E-state index in [0.717, 1.165) is 31.4 Å². The lowest BCUT2D eigenvalue weighted by molar-refractivity contribution is -0.342. The first-order valence-corrected chi connectivity index (χ1v) is 6.09. The van der Waals surface area contributed by atoms with E-state index in [1.807, 2.05) is 0 Å². The first-order valence-electron chi connectivity index (χ1n) is 6.09. The summed E-state index contributed by atoms with van der Waals surface area (Å²) in [6, 6.07) is 3.88. The number of carbonyl (C=O) groups is 1. The van der Waals surface area contributed by atoms with Crippen LogP contribution >= 0.6 is 0 Å². The van der Waals surface area contributed by atoms with Crippen LogP contribution in [0.1, 0.15) is 10.4 Å². The number of alkyl halides is 8. The van der Waals surface area contributed by atoms with Crippen LogP contribution < -0.4 is 4.74 Å². The van der Waals surface area contributed by atoms with E-state index in [4.69, 9.17) is 0 Å². The number of carbonyl (C=O) groups excluding carboxylic acids is 1. The molecule has 1 rings (SSSR count). The lowest BCUT2D eigenvalue weighted by atomic mass is 10.1. The van der Waals surface area contributed by atoms with Crippen LogP contribution in [-0.2, 0) is 4.74 Å². The average molecular weight is 366 g/mol. The summed E-state index contributed by atoms with van der Waals surface area (Å²) >= 11 is 0. The second-order valence-corrected chi connectivity index (χ2v) is 4.51. The SMILES string of the molecule is COC(=O)c1ccc(OCC(F)(F)C(F)(F)C(F)(F)C(F)F)cc1. The third-order valence-corrected chi connectivity index (χ3v) is 2.85. The fourth-order valence-corrected chi connectivity index (χ4v) is 1.45. The zero-order chi connectivity index (χ0) is 18.8. The summed E-state index contributed by atoms with van der Waals surface area (Å²) < 4.78 is 110. The quantitative estimate of drug-likeness (QED) is 0.540. The summed E-state index contributed by atoms with van der Waals surface area (Å²) in [7, 11) is 1.07. The molecule has 0 unspecified atom stereocenters. The molecule has 0 aliphatic heterocycles. The predicted octanol–water partition coefficient (Wildman–Crippen LogP) is 4.02. The van der Waals surface area contributed by atoms with Crippen molar-refractivity contribution >= 4 is 5.97 Å². The third kappa shape index (κ3) is 3.70. The minimum absolute atomic E-state index is 0.0221. The molecule has 0 aliphatic carbocycles. The van der Waals surface area contributed by atoms with Crippen LogP contribution in [0, 0.1) is 0 Å². The van der Waals surface area contributed by atoms with E-state index in [1.165, 1.54) is 0 Å². The van der Waals surface area contributed by atoms with Crippen molar-refractivity contribution in [2.75, 3.05) is 13.7 Å². The number of rotatable bonds is 7. The number of hydrogen-bond acceptors (Lipinski definition) is 3. The number of esters is 1. The summed E-state index contributed by atoms with van der Waals surface area (Å²) in [6.45, 7) is -2.28. The number of benzene rings is 1. The topological polar surface area (TPSA) is 35.5 Å². The molecule has 1 aromatic carbocycles. The zero-order valence-corrected chi connectivity index (χ0v) is 11.8. The molecule has 0 bridgehead atoms.